The Labute approximate surface area is 113 Å². The summed E-state index contributed by atoms with van der Waals surface area (Å²) in [6.07, 6.45) is 0. The van der Waals surface area contributed by atoms with Gasteiger partial charge in [-0.1, -0.05) is 25.4 Å². The first kappa shape index (κ1) is 15.1. The molecule has 0 aliphatic heterocycles. The van der Waals surface area contributed by atoms with Crippen molar-refractivity contribution in [1.29, 1.82) is 0 Å². The normalized spacial score (nSPS) is 12.8. The van der Waals surface area contributed by atoms with Crippen molar-refractivity contribution in [2.45, 2.75) is 26.8 Å². The van der Waals surface area contributed by atoms with Crippen LogP contribution >= 0.6 is 11.6 Å². The topological polar surface area (TPSA) is 41.3 Å². The predicted molar refractivity (Wildman–Crippen MR) is 76.7 cm³/mol. The fourth-order valence-electron chi connectivity index (χ4n) is 1.87. The van der Waals surface area contributed by atoms with E-state index < -0.39 is 5.82 Å². The molecule has 3 nitrogen and oxygen atoms in total. The Morgan fingerprint density at radius 2 is 2.00 bits per heavy atom. The average molecular weight is 274 g/mol. The van der Waals surface area contributed by atoms with Gasteiger partial charge in [-0.05, 0) is 26.1 Å². The van der Waals surface area contributed by atoms with Gasteiger partial charge in [0.1, 0.15) is 5.82 Å². The Morgan fingerprint density at radius 3 is 2.56 bits per heavy atom. The summed E-state index contributed by atoms with van der Waals surface area (Å²) in [6, 6.07) is 2.97. The Morgan fingerprint density at radius 1 is 1.39 bits per heavy atom. The molecule has 1 atom stereocenters. The van der Waals surface area contributed by atoms with Gasteiger partial charge in [-0.25, -0.2) is 4.39 Å². The fraction of sp³-hybridized carbons (Fsp3) is 0.538. The van der Waals surface area contributed by atoms with Gasteiger partial charge in [0.05, 0.1) is 16.4 Å². The van der Waals surface area contributed by atoms with Crippen LogP contribution < -0.4 is 11.1 Å². The predicted octanol–water partition coefficient (Wildman–Crippen LogP) is 3.20. The van der Waals surface area contributed by atoms with Gasteiger partial charge in [0.2, 0.25) is 0 Å². The summed E-state index contributed by atoms with van der Waals surface area (Å²) in [4.78, 5) is 2.29. The van der Waals surface area contributed by atoms with Gasteiger partial charge in [0.15, 0.2) is 0 Å². The van der Waals surface area contributed by atoms with Crippen molar-refractivity contribution in [3.05, 3.63) is 23.0 Å². The van der Waals surface area contributed by atoms with Gasteiger partial charge in [0, 0.05) is 18.7 Å². The number of nitrogens with zero attached hydrogens (tertiary/aromatic N) is 1. The maximum absolute atomic E-state index is 13.4. The van der Waals surface area contributed by atoms with E-state index in [9.17, 15) is 4.39 Å². The zero-order chi connectivity index (χ0) is 13.7. The lowest BCUT2D eigenvalue weighted by molar-refractivity contribution is 0.295. The molecule has 1 unspecified atom stereocenters. The molecule has 0 amide bonds. The lowest BCUT2D eigenvalue weighted by Crippen LogP contribution is -2.34. The summed E-state index contributed by atoms with van der Waals surface area (Å²) in [5.41, 5.74) is 6.87. The molecular weight excluding hydrogens is 253 g/mol. The van der Waals surface area contributed by atoms with Crippen molar-refractivity contribution < 1.29 is 4.39 Å². The number of rotatable bonds is 6. The molecule has 1 aromatic rings. The lowest BCUT2D eigenvalue weighted by Gasteiger charge is -2.24. The minimum absolute atomic E-state index is 0.0504. The molecule has 102 valence electrons. The number of halogens is 2. The van der Waals surface area contributed by atoms with Gasteiger partial charge in [-0.2, -0.15) is 0 Å². The fourth-order valence-corrected chi connectivity index (χ4v) is 2.04. The summed E-state index contributed by atoms with van der Waals surface area (Å²) in [5.74, 6) is -0.455. The van der Waals surface area contributed by atoms with Crippen molar-refractivity contribution in [2.24, 2.45) is 0 Å². The third-order valence-corrected chi connectivity index (χ3v) is 3.21. The van der Waals surface area contributed by atoms with Crippen molar-refractivity contribution >= 4 is 23.0 Å². The quantitative estimate of drug-likeness (QED) is 0.782. The van der Waals surface area contributed by atoms with E-state index in [2.05, 4.69) is 24.1 Å². The molecule has 0 aliphatic rings. The minimum Gasteiger partial charge on any atom is -0.397 e. The van der Waals surface area contributed by atoms with E-state index in [0.717, 1.165) is 19.6 Å². The Kier molecular flexibility index (Phi) is 5.69. The number of likely N-dealkylation sites (N-methyl/N-ethyl adjacent to an activating group) is 1. The zero-order valence-electron chi connectivity index (χ0n) is 11.1. The van der Waals surface area contributed by atoms with Gasteiger partial charge in [-0.15, -0.1) is 0 Å². The first-order valence-electron chi connectivity index (χ1n) is 6.21. The van der Waals surface area contributed by atoms with Crippen LogP contribution in [0, 0.1) is 5.82 Å². The Balaban J connectivity index is 2.69. The molecule has 0 saturated heterocycles. The molecule has 3 N–H and O–H groups in total. The molecule has 0 aliphatic carbocycles. The van der Waals surface area contributed by atoms with Crippen molar-refractivity contribution in [1.82, 2.24) is 4.90 Å². The number of anilines is 2. The van der Waals surface area contributed by atoms with Crippen molar-refractivity contribution in [2.75, 3.05) is 30.7 Å². The highest BCUT2D eigenvalue weighted by molar-refractivity contribution is 6.31. The van der Waals surface area contributed by atoms with Crippen LogP contribution in [-0.2, 0) is 0 Å². The minimum atomic E-state index is -0.455. The summed E-state index contributed by atoms with van der Waals surface area (Å²) in [7, 11) is 0. The van der Waals surface area contributed by atoms with Crippen LogP contribution in [-0.4, -0.2) is 30.6 Å². The summed E-state index contributed by atoms with van der Waals surface area (Å²) >= 11 is 5.66. The number of hydrogen-bond donors (Lipinski definition) is 2. The Bertz CT molecular complexity index is 394. The van der Waals surface area contributed by atoms with E-state index in [1.807, 2.05) is 6.92 Å². The number of nitrogen functional groups attached to an aromatic ring is 1. The molecule has 18 heavy (non-hydrogen) atoms. The monoisotopic (exact) mass is 273 g/mol. The molecule has 0 aromatic heterocycles. The second-order valence-corrected chi connectivity index (χ2v) is 4.79. The average Bonchev–Trinajstić information content (AvgIpc) is 2.33. The Hall–Kier alpha value is -1.00. The van der Waals surface area contributed by atoms with E-state index in [1.54, 1.807) is 0 Å². The molecule has 0 bridgehead atoms. The molecule has 0 spiro atoms. The molecule has 0 heterocycles. The van der Waals surface area contributed by atoms with Crippen LogP contribution in [0.1, 0.15) is 20.8 Å². The first-order chi connectivity index (χ1) is 8.47. The van der Waals surface area contributed by atoms with E-state index in [4.69, 9.17) is 17.3 Å². The van der Waals surface area contributed by atoms with Gasteiger partial charge in [0.25, 0.3) is 0 Å². The third kappa shape index (κ3) is 4.03. The number of benzene rings is 1. The molecule has 0 saturated carbocycles. The summed E-state index contributed by atoms with van der Waals surface area (Å²) in [6.45, 7) is 9.15. The van der Waals surface area contributed by atoms with Crippen molar-refractivity contribution in [3.63, 3.8) is 0 Å². The van der Waals surface area contributed by atoms with Crippen LogP contribution in [0.15, 0.2) is 12.1 Å². The van der Waals surface area contributed by atoms with E-state index >= 15 is 0 Å². The molecular formula is C13H21ClFN3. The maximum atomic E-state index is 13.4. The van der Waals surface area contributed by atoms with Crippen LogP contribution in [0.2, 0.25) is 5.02 Å². The van der Waals surface area contributed by atoms with E-state index in [0.29, 0.717) is 11.4 Å². The smallest absolute Gasteiger partial charge is 0.143 e. The molecule has 5 heteroatoms. The number of nitrogens with one attached hydrogen (secondary N) is 1. The zero-order valence-corrected chi connectivity index (χ0v) is 11.9. The molecule has 0 radical (unpaired) electrons. The van der Waals surface area contributed by atoms with Gasteiger partial charge >= 0.3 is 0 Å². The van der Waals surface area contributed by atoms with Crippen molar-refractivity contribution in [3.8, 4) is 0 Å². The highest BCUT2D eigenvalue weighted by Gasteiger charge is 2.11. The second kappa shape index (κ2) is 6.81. The van der Waals surface area contributed by atoms with E-state index in [-0.39, 0.29) is 11.1 Å². The highest BCUT2D eigenvalue weighted by atomic mass is 35.5. The van der Waals surface area contributed by atoms with Crippen LogP contribution in [0.5, 0.6) is 0 Å². The SMILES string of the molecule is CCN(CC)CC(C)Nc1cc(F)c(Cl)cc1N. The molecule has 1 aromatic carbocycles. The standard InChI is InChI=1S/C13H21ClFN3/c1-4-18(5-2)8-9(3)17-13-7-11(15)10(14)6-12(13)16/h6-7,9,17H,4-5,8,16H2,1-3H3. The molecule has 0 fully saturated rings. The second-order valence-electron chi connectivity index (χ2n) is 4.38. The summed E-state index contributed by atoms with van der Waals surface area (Å²) < 4.78 is 13.4. The lowest BCUT2D eigenvalue weighted by atomic mass is 10.2. The number of nitrogens with two attached hydrogens (primary N) is 1. The van der Waals surface area contributed by atoms with Gasteiger partial charge in [-0.3, -0.25) is 0 Å². The van der Waals surface area contributed by atoms with Gasteiger partial charge < -0.3 is 16.0 Å². The van der Waals surface area contributed by atoms with Crippen LogP contribution in [0.3, 0.4) is 0 Å². The highest BCUT2D eigenvalue weighted by Crippen LogP contribution is 2.26. The maximum Gasteiger partial charge on any atom is 0.143 e. The van der Waals surface area contributed by atoms with Crippen LogP contribution in [0.4, 0.5) is 15.8 Å². The first-order valence-corrected chi connectivity index (χ1v) is 6.59. The summed E-state index contributed by atoms with van der Waals surface area (Å²) in [5, 5.41) is 3.26. The third-order valence-electron chi connectivity index (χ3n) is 2.92. The molecule has 1 rings (SSSR count). The largest absolute Gasteiger partial charge is 0.397 e. The van der Waals surface area contributed by atoms with E-state index in [1.165, 1.54) is 12.1 Å². The number of hydrogen-bond acceptors (Lipinski definition) is 3. The van der Waals surface area contributed by atoms with Crippen LogP contribution in [0.25, 0.3) is 0 Å².